The molecule has 1 heterocycles. The van der Waals surface area contributed by atoms with E-state index in [0.29, 0.717) is 6.61 Å². The third-order valence-electron chi connectivity index (χ3n) is 1.95. The lowest BCUT2D eigenvalue weighted by molar-refractivity contribution is -0.130. The quantitative estimate of drug-likeness (QED) is 0.629. The highest BCUT2D eigenvalue weighted by atomic mass is 16.5. The van der Waals surface area contributed by atoms with Crippen LogP contribution in [0.2, 0.25) is 0 Å². The highest BCUT2D eigenvalue weighted by Crippen LogP contribution is 2.04. The molecule has 0 saturated carbocycles. The fourth-order valence-electron chi connectivity index (χ4n) is 1.33. The first-order valence-electron chi connectivity index (χ1n) is 4.12. The second-order valence-electron chi connectivity index (χ2n) is 2.91. The third kappa shape index (κ3) is 2.27. The van der Waals surface area contributed by atoms with Crippen LogP contribution < -0.4 is 5.32 Å². The second kappa shape index (κ2) is 4.54. The van der Waals surface area contributed by atoms with Gasteiger partial charge in [-0.15, -0.1) is 0 Å². The van der Waals surface area contributed by atoms with Crippen molar-refractivity contribution < 1.29 is 14.3 Å². The van der Waals surface area contributed by atoms with Gasteiger partial charge in [0.2, 0.25) is 0 Å². The van der Waals surface area contributed by atoms with Gasteiger partial charge in [-0.25, -0.2) is 0 Å². The van der Waals surface area contributed by atoms with Crippen LogP contribution >= 0.6 is 0 Å². The smallest absolute Gasteiger partial charge is 0.177 e. The summed E-state index contributed by atoms with van der Waals surface area (Å²) in [5, 5.41) is 3.10. The Labute approximate surface area is 72.2 Å². The van der Waals surface area contributed by atoms with E-state index in [9.17, 15) is 4.79 Å². The van der Waals surface area contributed by atoms with Crippen molar-refractivity contribution >= 4 is 5.78 Å². The molecule has 0 aliphatic carbocycles. The van der Waals surface area contributed by atoms with Crippen LogP contribution in [0.15, 0.2) is 0 Å². The Morgan fingerprint density at radius 3 is 3.08 bits per heavy atom. The molecule has 4 nitrogen and oxygen atoms in total. The van der Waals surface area contributed by atoms with E-state index in [4.69, 9.17) is 9.47 Å². The number of rotatable bonds is 3. The molecule has 2 unspecified atom stereocenters. The van der Waals surface area contributed by atoms with Crippen molar-refractivity contribution in [3.63, 3.8) is 0 Å². The predicted octanol–water partition coefficient (Wildman–Crippen LogP) is -0.421. The lowest BCUT2D eigenvalue weighted by Gasteiger charge is -2.28. The molecule has 0 amide bonds. The predicted molar refractivity (Wildman–Crippen MR) is 44.1 cm³/mol. The molecule has 0 aromatic rings. The molecule has 0 aromatic carbocycles. The Kier molecular flexibility index (Phi) is 3.65. The fraction of sp³-hybridized carbons (Fsp3) is 0.875. The molecule has 0 spiro atoms. The van der Waals surface area contributed by atoms with E-state index in [1.165, 1.54) is 7.11 Å². The molecule has 1 aliphatic heterocycles. The van der Waals surface area contributed by atoms with E-state index in [1.54, 1.807) is 0 Å². The zero-order valence-corrected chi connectivity index (χ0v) is 7.50. The first kappa shape index (κ1) is 9.64. The molecule has 12 heavy (non-hydrogen) atoms. The van der Waals surface area contributed by atoms with E-state index in [2.05, 4.69) is 5.32 Å². The minimum Gasteiger partial charge on any atom is -0.377 e. The zero-order valence-electron chi connectivity index (χ0n) is 7.50. The van der Waals surface area contributed by atoms with Crippen LogP contribution in [-0.4, -0.2) is 44.8 Å². The van der Waals surface area contributed by atoms with Gasteiger partial charge in [0.05, 0.1) is 18.8 Å². The van der Waals surface area contributed by atoms with Crippen LogP contribution in [0.3, 0.4) is 0 Å². The number of Topliss-reactive ketones (excluding diaryl/α,β-unsaturated/α-hetero) is 1. The monoisotopic (exact) mass is 173 g/mol. The minimum atomic E-state index is -0.196. The van der Waals surface area contributed by atoms with Gasteiger partial charge < -0.3 is 14.8 Å². The van der Waals surface area contributed by atoms with Gasteiger partial charge in [-0.1, -0.05) is 0 Å². The van der Waals surface area contributed by atoms with Gasteiger partial charge in [0.25, 0.3) is 0 Å². The first-order valence-corrected chi connectivity index (χ1v) is 4.12. The Bertz CT molecular complexity index is 160. The van der Waals surface area contributed by atoms with Crippen molar-refractivity contribution in [1.29, 1.82) is 0 Å². The van der Waals surface area contributed by atoms with Crippen LogP contribution in [0.25, 0.3) is 0 Å². The van der Waals surface area contributed by atoms with Crippen LogP contribution in [0, 0.1) is 0 Å². The van der Waals surface area contributed by atoms with Crippen molar-refractivity contribution in [3.8, 4) is 0 Å². The Morgan fingerprint density at radius 2 is 2.50 bits per heavy atom. The van der Waals surface area contributed by atoms with Gasteiger partial charge in [-0.05, 0) is 6.92 Å². The van der Waals surface area contributed by atoms with Crippen molar-refractivity contribution in [1.82, 2.24) is 5.32 Å². The molecular formula is C8H15NO3. The van der Waals surface area contributed by atoms with Crippen molar-refractivity contribution in [3.05, 3.63) is 0 Å². The molecule has 4 heteroatoms. The van der Waals surface area contributed by atoms with Gasteiger partial charge >= 0.3 is 0 Å². The van der Waals surface area contributed by atoms with Crippen LogP contribution in [-0.2, 0) is 14.3 Å². The van der Waals surface area contributed by atoms with Crippen molar-refractivity contribution in [2.45, 2.75) is 19.1 Å². The first-order chi connectivity index (χ1) is 5.75. The van der Waals surface area contributed by atoms with Crippen LogP contribution in [0.5, 0.6) is 0 Å². The zero-order chi connectivity index (χ0) is 8.97. The molecule has 1 N–H and O–H groups in total. The summed E-state index contributed by atoms with van der Waals surface area (Å²) in [4.78, 5) is 11.3. The van der Waals surface area contributed by atoms with Gasteiger partial charge in [0.15, 0.2) is 5.78 Å². The highest BCUT2D eigenvalue weighted by Gasteiger charge is 2.27. The maximum absolute atomic E-state index is 11.3. The minimum absolute atomic E-state index is 0.0404. The van der Waals surface area contributed by atoms with Crippen LogP contribution in [0.4, 0.5) is 0 Å². The molecule has 1 saturated heterocycles. The molecule has 0 aromatic heterocycles. The van der Waals surface area contributed by atoms with Gasteiger partial charge in [0, 0.05) is 13.7 Å². The second-order valence-corrected chi connectivity index (χ2v) is 2.91. The summed E-state index contributed by atoms with van der Waals surface area (Å²) in [6.07, 6.45) is -0.0404. The summed E-state index contributed by atoms with van der Waals surface area (Å²) >= 11 is 0. The molecule has 1 fully saturated rings. The number of hydrogen-bond donors (Lipinski definition) is 1. The van der Waals surface area contributed by atoms with E-state index in [-0.39, 0.29) is 24.5 Å². The van der Waals surface area contributed by atoms with Gasteiger partial charge in [-0.3, -0.25) is 4.79 Å². The van der Waals surface area contributed by atoms with E-state index in [0.717, 1.165) is 6.54 Å². The number of nitrogens with one attached hydrogen (secondary N) is 1. The number of morpholine rings is 1. The Balaban J connectivity index is 2.42. The van der Waals surface area contributed by atoms with E-state index >= 15 is 0 Å². The summed E-state index contributed by atoms with van der Waals surface area (Å²) < 4.78 is 10.1. The molecule has 0 radical (unpaired) electrons. The van der Waals surface area contributed by atoms with Crippen molar-refractivity contribution in [2.24, 2.45) is 0 Å². The number of carbonyl (C=O) groups is 1. The molecule has 2 atom stereocenters. The highest BCUT2D eigenvalue weighted by molar-refractivity contribution is 5.85. The third-order valence-corrected chi connectivity index (χ3v) is 1.95. The topological polar surface area (TPSA) is 47.6 Å². The average Bonchev–Trinajstić information content (AvgIpc) is 2.05. The van der Waals surface area contributed by atoms with Gasteiger partial charge in [-0.2, -0.15) is 0 Å². The number of ether oxygens (including phenoxy) is 2. The Morgan fingerprint density at radius 1 is 1.75 bits per heavy atom. The molecule has 0 bridgehead atoms. The summed E-state index contributed by atoms with van der Waals surface area (Å²) in [6, 6.07) is -0.196. The lowest BCUT2D eigenvalue weighted by Crippen LogP contribution is -2.52. The molecule has 70 valence electrons. The summed E-state index contributed by atoms with van der Waals surface area (Å²) in [6.45, 7) is 3.47. The molecular weight excluding hydrogens is 158 g/mol. The standard InChI is InChI=1S/C8H15NO3/c1-6-8(7(10)5-11-2)9-3-4-12-6/h6,8-9H,3-5H2,1-2H3. The summed E-state index contributed by atoms with van der Waals surface area (Å²) in [7, 11) is 1.52. The largest absolute Gasteiger partial charge is 0.377 e. The Hall–Kier alpha value is -0.450. The fourth-order valence-corrected chi connectivity index (χ4v) is 1.33. The maximum atomic E-state index is 11.3. The van der Waals surface area contributed by atoms with E-state index < -0.39 is 0 Å². The SMILES string of the molecule is COCC(=O)C1NCCOC1C. The maximum Gasteiger partial charge on any atom is 0.177 e. The van der Waals surface area contributed by atoms with Crippen molar-refractivity contribution in [2.75, 3.05) is 26.9 Å². The number of methoxy groups -OCH3 is 1. The lowest BCUT2D eigenvalue weighted by atomic mass is 10.1. The van der Waals surface area contributed by atoms with Gasteiger partial charge in [0.1, 0.15) is 6.61 Å². The van der Waals surface area contributed by atoms with Crippen LogP contribution in [0.1, 0.15) is 6.92 Å². The molecule has 1 rings (SSSR count). The average molecular weight is 173 g/mol. The number of hydrogen-bond acceptors (Lipinski definition) is 4. The summed E-state index contributed by atoms with van der Waals surface area (Å²) in [5.74, 6) is 0.0599. The normalized spacial score (nSPS) is 30.2. The van der Waals surface area contributed by atoms with E-state index in [1.807, 2.05) is 6.92 Å². The summed E-state index contributed by atoms with van der Waals surface area (Å²) in [5.41, 5.74) is 0. The number of carbonyl (C=O) groups excluding carboxylic acids is 1. The molecule has 1 aliphatic rings. The number of ketones is 1.